The van der Waals surface area contributed by atoms with Gasteiger partial charge in [-0.1, -0.05) is 13.8 Å². The maximum atomic E-state index is 12.9. The van der Waals surface area contributed by atoms with Crippen molar-refractivity contribution in [3.63, 3.8) is 0 Å². The minimum atomic E-state index is -3.47. The summed E-state index contributed by atoms with van der Waals surface area (Å²) in [5, 5.41) is 0. The van der Waals surface area contributed by atoms with Gasteiger partial charge in [0.2, 0.25) is 0 Å². The maximum Gasteiger partial charge on any atom is 0.282 e. The second kappa shape index (κ2) is 7.51. The molecule has 2 rings (SSSR count). The highest BCUT2D eigenvalue weighted by atomic mass is 32.2. The van der Waals surface area contributed by atoms with Crippen molar-refractivity contribution in [1.82, 2.24) is 8.61 Å². The summed E-state index contributed by atoms with van der Waals surface area (Å²) in [6.07, 6.45) is 1.62. The molecule has 1 aliphatic heterocycles. The van der Waals surface area contributed by atoms with Crippen LogP contribution >= 0.6 is 0 Å². The van der Waals surface area contributed by atoms with Crippen molar-refractivity contribution in [2.24, 2.45) is 0 Å². The lowest BCUT2D eigenvalue weighted by Gasteiger charge is -2.30. The molecule has 0 bridgehead atoms. The molecule has 1 aliphatic rings. The summed E-state index contributed by atoms with van der Waals surface area (Å²) in [7, 11) is -0.270. The molecule has 7 heteroatoms. The third kappa shape index (κ3) is 3.46. The summed E-state index contributed by atoms with van der Waals surface area (Å²) < 4.78 is 39.6. The molecule has 1 heterocycles. The van der Waals surface area contributed by atoms with Crippen molar-refractivity contribution in [3.8, 4) is 11.5 Å². The fourth-order valence-electron chi connectivity index (χ4n) is 3.13. The Labute approximate surface area is 139 Å². The summed E-state index contributed by atoms with van der Waals surface area (Å²) >= 11 is 0. The van der Waals surface area contributed by atoms with E-state index in [9.17, 15) is 8.42 Å². The monoisotopic (exact) mass is 342 g/mol. The molecule has 0 radical (unpaired) electrons. The van der Waals surface area contributed by atoms with Crippen molar-refractivity contribution >= 4 is 10.2 Å². The lowest BCUT2D eigenvalue weighted by Crippen LogP contribution is -2.43. The predicted octanol–water partition coefficient (Wildman–Crippen LogP) is 2.43. The molecule has 0 unspecified atom stereocenters. The molecule has 0 saturated carbocycles. The Balaban J connectivity index is 2.43. The van der Waals surface area contributed by atoms with Gasteiger partial charge in [-0.05, 0) is 31.0 Å². The van der Waals surface area contributed by atoms with Gasteiger partial charge in [0.15, 0.2) is 0 Å². The molecule has 0 N–H and O–H groups in total. The molecule has 1 aromatic rings. The summed E-state index contributed by atoms with van der Waals surface area (Å²) in [6.45, 7) is 5.19. The van der Waals surface area contributed by atoms with Gasteiger partial charge in [-0.2, -0.15) is 17.0 Å². The number of nitrogens with zero attached hydrogens (tertiary/aromatic N) is 2. The van der Waals surface area contributed by atoms with Crippen LogP contribution in [0.4, 0.5) is 0 Å². The highest BCUT2D eigenvalue weighted by molar-refractivity contribution is 7.86. The lowest BCUT2D eigenvalue weighted by molar-refractivity contribution is 0.327. The number of methoxy groups -OCH3 is 2. The zero-order valence-electron chi connectivity index (χ0n) is 14.3. The van der Waals surface area contributed by atoms with E-state index in [2.05, 4.69) is 0 Å². The topological polar surface area (TPSA) is 59.1 Å². The standard InChI is InChI=1S/C16H26N2O4S/c1-5-17(6-2)23(19,20)18-11-7-8-15(18)14-12-13(21-3)9-10-16(14)22-4/h9-10,12,15H,5-8,11H2,1-4H3/t15-/m1/s1. The van der Waals surface area contributed by atoms with Crippen molar-refractivity contribution in [3.05, 3.63) is 23.8 Å². The molecule has 1 atom stereocenters. The Bertz CT molecular complexity index is 629. The molecule has 1 aromatic carbocycles. The van der Waals surface area contributed by atoms with E-state index in [1.165, 1.54) is 4.31 Å². The van der Waals surface area contributed by atoms with E-state index >= 15 is 0 Å². The molecule has 1 fully saturated rings. The third-order valence-electron chi connectivity index (χ3n) is 4.33. The van der Waals surface area contributed by atoms with E-state index < -0.39 is 10.2 Å². The fourth-order valence-corrected chi connectivity index (χ4v) is 4.97. The van der Waals surface area contributed by atoms with Gasteiger partial charge in [-0.15, -0.1) is 0 Å². The maximum absolute atomic E-state index is 12.9. The fraction of sp³-hybridized carbons (Fsp3) is 0.625. The van der Waals surface area contributed by atoms with Gasteiger partial charge in [0.1, 0.15) is 11.5 Å². The molecule has 0 aromatic heterocycles. The molecule has 1 saturated heterocycles. The number of benzene rings is 1. The number of ether oxygens (including phenoxy) is 2. The largest absolute Gasteiger partial charge is 0.497 e. The van der Waals surface area contributed by atoms with Gasteiger partial charge in [0.05, 0.1) is 20.3 Å². The van der Waals surface area contributed by atoms with Crippen LogP contribution in [0.1, 0.15) is 38.3 Å². The minimum Gasteiger partial charge on any atom is -0.497 e. The quantitative estimate of drug-likeness (QED) is 0.764. The first-order valence-corrected chi connectivity index (χ1v) is 9.38. The van der Waals surface area contributed by atoms with E-state index in [1.807, 2.05) is 32.0 Å². The molecular formula is C16H26N2O4S. The molecule has 0 amide bonds. The molecule has 6 nitrogen and oxygen atoms in total. The number of hydrogen-bond donors (Lipinski definition) is 0. The van der Waals surface area contributed by atoms with Crippen LogP contribution in [0.3, 0.4) is 0 Å². The molecule has 130 valence electrons. The van der Waals surface area contributed by atoms with Gasteiger partial charge in [-0.3, -0.25) is 0 Å². The van der Waals surface area contributed by atoms with Gasteiger partial charge in [-0.25, -0.2) is 0 Å². The first-order valence-electron chi connectivity index (χ1n) is 7.98. The first-order chi connectivity index (χ1) is 11.0. The minimum absolute atomic E-state index is 0.217. The van der Waals surface area contributed by atoms with Crippen molar-refractivity contribution in [2.75, 3.05) is 33.9 Å². The normalized spacial score (nSPS) is 19.3. The van der Waals surface area contributed by atoms with Gasteiger partial charge >= 0.3 is 0 Å². The van der Waals surface area contributed by atoms with E-state index in [1.54, 1.807) is 18.5 Å². The van der Waals surface area contributed by atoms with E-state index in [-0.39, 0.29) is 6.04 Å². The first kappa shape index (κ1) is 18.0. The van der Waals surface area contributed by atoms with E-state index in [0.717, 1.165) is 18.4 Å². The van der Waals surface area contributed by atoms with E-state index in [4.69, 9.17) is 9.47 Å². The van der Waals surface area contributed by atoms with E-state index in [0.29, 0.717) is 31.1 Å². The SMILES string of the molecule is CCN(CC)S(=O)(=O)N1CCC[C@@H]1c1cc(OC)ccc1OC. The Hall–Kier alpha value is -1.31. The van der Waals surface area contributed by atoms with Crippen LogP contribution in [0.5, 0.6) is 11.5 Å². The molecular weight excluding hydrogens is 316 g/mol. The Morgan fingerprint density at radius 2 is 1.91 bits per heavy atom. The van der Waals surface area contributed by atoms with Crippen LogP contribution < -0.4 is 9.47 Å². The highest BCUT2D eigenvalue weighted by Crippen LogP contribution is 2.40. The summed E-state index contributed by atoms with van der Waals surface area (Å²) in [5.74, 6) is 1.39. The Kier molecular flexibility index (Phi) is 5.89. The highest BCUT2D eigenvalue weighted by Gasteiger charge is 2.39. The molecule has 0 aliphatic carbocycles. The van der Waals surface area contributed by atoms with Crippen LogP contribution in [0.25, 0.3) is 0 Å². The second-order valence-corrected chi connectivity index (χ2v) is 7.35. The third-order valence-corrected chi connectivity index (χ3v) is 6.53. The number of hydrogen-bond acceptors (Lipinski definition) is 4. The molecule has 0 spiro atoms. The zero-order valence-corrected chi connectivity index (χ0v) is 15.1. The zero-order chi connectivity index (χ0) is 17.0. The van der Waals surface area contributed by atoms with Crippen molar-refractivity contribution < 1.29 is 17.9 Å². The van der Waals surface area contributed by atoms with Crippen molar-refractivity contribution in [1.29, 1.82) is 0 Å². The summed E-state index contributed by atoms with van der Waals surface area (Å²) in [5.41, 5.74) is 0.861. The van der Waals surface area contributed by atoms with Crippen LogP contribution in [0.2, 0.25) is 0 Å². The van der Waals surface area contributed by atoms with Crippen LogP contribution in [-0.4, -0.2) is 50.9 Å². The Morgan fingerprint density at radius 1 is 1.22 bits per heavy atom. The summed E-state index contributed by atoms with van der Waals surface area (Å²) in [6, 6.07) is 5.31. The summed E-state index contributed by atoms with van der Waals surface area (Å²) in [4.78, 5) is 0. The molecule has 23 heavy (non-hydrogen) atoms. The lowest BCUT2D eigenvalue weighted by atomic mass is 10.0. The van der Waals surface area contributed by atoms with Crippen LogP contribution in [0, 0.1) is 0 Å². The second-order valence-electron chi connectivity index (χ2n) is 5.47. The smallest absolute Gasteiger partial charge is 0.282 e. The van der Waals surface area contributed by atoms with Crippen molar-refractivity contribution in [2.45, 2.75) is 32.7 Å². The number of rotatable bonds is 7. The average Bonchev–Trinajstić information content (AvgIpc) is 3.05. The Morgan fingerprint density at radius 3 is 2.48 bits per heavy atom. The van der Waals surface area contributed by atoms with Crippen LogP contribution in [0.15, 0.2) is 18.2 Å². The average molecular weight is 342 g/mol. The predicted molar refractivity (Wildman–Crippen MR) is 90.1 cm³/mol. The van der Waals surface area contributed by atoms with Gasteiger partial charge in [0.25, 0.3) is 10.2 Å². The van der Waals surface area contributed by atoms with Gasteiger partial charge in [0, 0.05) is 25.2 Å². The van der Waals surface area contributed by atoms with Crippen LogP contribution in [-0.2, 0) is 10.2 Å². The van der Waals surface area contributed by atoms with Gasteiger partial charge < -0.3 is 9.47 Å².